The molecule has 2 N–H and O–H groups in total. The Bertz CT molecular complexity index is 1370. The fourth-order valence-electron chi connectivity index (χ4n) is 5.77. The van der Waals surface area contributed by atoms with Crippen LogP contribution in [-0.4, -0.2) is 88.5 Å². The Morgan fingerprint density at radius 3 is 2.73 bits per heavy atom. The summed E-state index contributed by atoms with van der Waals surface area (Å²) in [5.41, 5.74) is 0.871. The van der Waals surface area contributed by atoms with E-state index in [1.807, 2.05) is 36.4 Å². The lowest BCUT2D eigenvalue weighted by molar-refractivity contribution is -0.0907. The number of aliphatic hydroxyl groups excluding tert-OH is 1. The van der Waals surface area contributed by atoms with Crippen LogP contribution in [0.2, 0.25) is 0 Å². The molecule has 12 heteroatoms. The van der Waals surface area contributed by atoms with Gasteiger partial charge in [-0.05, 0) is 56.2 Å². The fourth-order valence-corrected chi connectivity index (χ4v) is 7.38. The number of allylic oxidation sites excluding steroid dienone is 1. The number of rotatable bonds is 8. The summed E-state index contributed by atoms with van der Waals surface area (Å²) in [5.74, 6) is 0.622. The first-order valence-corrected chi connectivity index (χ1v) is 16.7. The van der Waals surface area contributed by atoms with Crippen molar-refractivity contribution in [2.24, 2.45) is 5.92 Å². The van der Waals surface area contributed by atoms with E-state index in [4.69, 9.17) is 23.7 Å². The largest absolute Gasteiger partial charge is 0.497 e. The van der Waals surface area contributed by atoms with Crippen LogP contribution in [0.25, 0.3) is 0 Å². The highest BCUT2D eigenvalue weighted by Crippen LogP contribution is 2.34. The molecular weight excluding hydrogens is 588 g/mol. The first-order chi connectivity index (χ1) is 21.3. The average Bonchev–Trinajstić information content (AvgIpc) is 3.64. The summed E-state index contributed by atoms with van der Waals surface area (Å²) in [6.07, 6.45) is 5.14. The number of ether oxygens (including phenoxy) is 5. The third-order valence-electron chi connectivity index (χ3n) is 8.21. The minimum Gasteiger partial charge on any atom is -0.497 e. The van der Waals surface area contributed by atoms with Crippen LogP contribution >= 0.6 is 0 Å². The number of nitrogens with one attached hydrogen (secondary N) is 1. The average molecular weight is 631 g/mol. The minimum absolute atomic E-state index is 0.00438. The number of β-amino-alcohol motifs (C(OH)–C–C–N with tert-alkyl or cyclic N) is 1. The third-order valence-corrected chi connectivity index (χ3v) is 10.1. The number of hydrogen-bond donors (Lipinski definition) is 2. The lowest BCUT2D eigenvalue weighted by Gasteiger charge is -2.30. The van der Waals surface area contributed by atoms with Gasteiger partial charge in [-0.2, -0.15) is 4.31 Å². The van der Waals surface area contributed by atoms with Gasteiger partial charge in [0.2, 0.25) is 10.0 Å². The highest BCUT2D eigenvalue weighted by Gasteiger charge is 2.44. The monoisotopic (exact) mass is 630 g/mol. The number of sulfonamides is 1. The van der Waals surface area contributed by atoms with Crippen molar-refractivity contribution >= 4 is 16.1 Å². The smallest absolute Gasteiger partial charge is 0.407 e. The highest BCUT2D eigenvalue weighted by molar-refractivity contribution is 7.89. The van der Waals surface area contributed by atoms with Crippen LogP contribution in [0.5, 0.6) is 11.5 Å². The van der Waals surface area contributed by atoms with Crippen LogP contribution in [0, 0.1) is 5.92 Å². The summed E-state index contributed by atoms with van der Waals surface area (Å²) in [6.45, 7) is 1.03. The molecule has 0 aliphatic carbocycles. The van der Waals surface area contributed by atoms with Crippen LogP contribution < -0.4 is 14.8 Å². The van der Waals surface area contributed by atoms with Crippen molar-refractivity contribution in [3.63, 3.8) is 0 Å². The van der Waals surface area contributed by atoms with Gasteiger partial charge in [0.15, 0.2) is 6.29 Å². The van der Waals surface area contributed by atoms with Crippen molar-refractivity contribution in [2.45, 2.75) is 68.0 Å². The molecule has 2 fully saturated rings. The first-order valence-electron chi connectivity index (χ1n) is 15.2. The van der Waals surface area contributed by atoms with Crippen molar-refractivity contribution < 1.29 is 42.0 Å². The Morgan fingerprint density at radius 1 is 1.09 bits per heavy atom. The molecule has 0 spiro atoms. The molecule has 1 amide bonds. The van der Waals surface area contributed by atoms with Crippen molar-refractivity contribution in [3.8, 4) is 11.5 Å². The predicted octanol–water partition coefficient (Wildman–Crippen LogP) is 3.65. The minimum atomic E-state index is -4.11. The Labute approximate surface area is 259 Å². The number of fused-ring (bicyclic) bond motifs is 2. The van der Waals surface area contributed by atoms with E-state index in [1.165, 1.54) is 17.5 Å². The molecule has 3 aliphatic heterocycles. The Balaban J connectivity index is 1.37. The van der Waals surface area contributed by atoms with Crippen molar-refractivity contribution in [2.75, 3.05) is 40.0 Å². The topological polar surface area (TPSA) is 133 Å². The molecule has 1 unspecified atom stereocenters. The Morgan fingerprint density at radius 2 is 1.91 bits per heavy atom. The molecule has 0 radical (unpaired) electrons. The van der Waals surface area contributed by atoms with Gasteiger partial charge >= 0.3 is 6.09 Å². The number of methoxy groups -OCH3 is 1. The molecule has 44 heavy (non-hydrogen) atoms. The number of alkyl carbamates (subject to hydrolysis) is 1. The van der Waals surface area contributed by atoms with Gasteiger partial charge in [-0.1, -0.05) is 42.5 Å². The van der Waals surface area contributed by atoms with Crippen LogP contribution in [0.1, 0.15) is 37.7 Å². The van der Waals surface area contributed by atoms with Gasteiger partial charge in [0.1, 0.15) is 22.5 Å². The standard InChI is InChI=1S/C32H42N2O9S/c1-39-24-13-14-30-28(20-24)40-17-10-5-3-2-4-9-16-34(44(30,37)38)21-27(35)26(19-23-11-7-6-8-12-23)33-32(36)43-29-22-42-31-25(29)15-18-41-31/h3,5-8,11-14,20,25-27,29,31,35H,2,4,9-10,15-19,21-22H2,1H3,(H,33,36)/b5-3+/t25-,26-,27+,29?,31+/m0/s1. The van der Waals surface area contributed by atoms with Crippen LogP contribution in [-0.2, 0) is 30.7 Å². The molecule has 2 aromatic rings. The predicted molar refractivity (Wildman–Crippen MR) is 162 cm³/mol. The summed E-state index contributed by atoms with van der Waals surface area (Å²) in [6, 6.07) is 13.2. The number of hydrogen-bond acceptors (Lipinski definition) is 9. The maximum atomic E-state index is 14.1. The second kappa shape index (κ2) is 15.2. The molecule has 240 valence electrons. The summed E-state index contributed by atoms with van der Waals surface area (Å²) in [4.78, 5) is 13.1. The maximum absolute atomic E-state index is 14.1. The van der Waals surface area contributed by atoms with Gasteiger partial charge in [-0.3, -0.25) is 0 Å². The molecule has 0 aromatic heterocycles. The summed E-state index contributed by atoms with van der Waals surface area (Å²) < 4.78 is 57.6. The number of nitrogens with zero attached hydrogens (tertiary/aromatic N) is 1. The zero-order valence-corrected chi connectivity index (χ0v) is 25.8. The van der Waals surface area contributed by atoms with E-state index in [-0.39, 0.29) is 49.0 Å². The third kappa shape index (κ3) is 8.10. The first kappa shape index (κ1) is 32.2. The molecule has 11 nitrogen and oxygen atoms in total. The molecule has 0 bridgehead atoms. The summed E-state index contributed by atoms with van der Waals surface area (Å²) >= 11 is 0. The quantitative estimate of drug-likeness (QED) is 0.420. The van der Waals surface area contributed by atoms with Crippen LogP contribution in [0.4, 0.5) is 4.79 Å². The zero-order valence-electron chi connectivity index (χ0n) is 25.0. The van der Waals surface area contributed by atoms with Crippen molar-refractivity contribution in [1.82, 2.24) is 9.62 Å². The molecule has 3 heterocycles. The van der Waals surface area contributed by atoms with Crippen LogP contribution in [0.3, 0.4) is 0 Å². The Hall–Kier alpha value is -3.16. The van der Waals surface area contributed by atoms with Crippen LogP contribution in [0.15, 0.2) is 65.6 Å². The van der Waals surface area contributed by atoms with E-state index in [1.54, 1.807) is 12.1 Å². The van der Waals surface area contributed by atoms with E-state index < -0.39 is 34.4 Å². The molecule has 3 aliphatic rings. The van der Waals surface area contributed by atoms with E-state index >= 15 is 0 Å². The van der Waals surface area contributed by atoms with Crippen molar-refractivity contribution in [1.29, 1.82) is 0 Å². The van der Waals surface area contributed by atoms with Gasteiger partial charge in [-0.25, -0.2) is 13.2 Å². The van der Waals surface area contributed by atoms with E-state index in [0.717, 1.165) is 24.8 Å². The molecular formula is C32H42N2O9S. The van der Waals surface area contributed by atoms with Gasteiger partial charge < -0.3 is 34.1 Å². The van der Waals surface area contributed by atoms with Gasteiger partial charge in [0, 0.05) is 19.2 Å². The Kier molecular flexibility index (Phi) is 11.2. The summed E-state index contributed by atoms with van der Waals surface area (Å²) in [7, 11) is -2.60. The molecule has 5 rings (SSSR count). The second-order valence-corrected chi connectivity index (χ2v) is 13.2. The fraction of sp³-hybridized carbons (Fsp3) is 0.531. The lowest BCUT2D eigenvalue weighted by atomic mass is 10.0. The molecule has 2 saturated heterocycles. The summed E-state index contributed by atoms with van der Waals surface area (Å²) in [5, 5.41) is 14.4. The maximum Gasteiger partial charge on any atom is 0.407 e. The highest BCUT2D eigenvalue weighted by atomic mass is 32.2. The van der Waals surface area contributed by atoms with Crippen molar-refractivity contribution in [3.05, 3.63) is 66.2 Å². The lowest BCUT2D eigenvalue weighted by Crippen LogP contribution is -2.51. The molecule has 0 saturated carbocycles. The number of carbonyl (C=O) groups is 1. The van der Waals surface area contributed by atoms with Gasteiger partial charge in [0.25, 0.3) is 0 Å². The molecule has 2 aromatic carbocycles. The number of carbonyl (C=O) groups excluding carboxylic acids is 1. The molecule has 5 atom stereocenters. The van der Waals surface area contributed by atoms with E-state index in [2.05, 4.69) is 11.4 Å². The SMILES string of the molecule is COc1ccc2c(c1)OCC/C=C/CCCCN(C[C@@H](O)[C@H](Cc1ccccc1)NC(=O)OC1CO[C@H]3OCC[C@@H]13)S2(=O)=O. The number of amides is 1. The van der Waals surface area contributed by atoms with E-state index in [9.17, 15) is 18.3 Å². The number of benzene rings is 2. The number of aliphatic hydroxyl groups is 1. The second-order valence-electron chi connectivity index (χ2n) is 11.3. The zero-order chi connectivity index (χ0) is 30.9. The van der Waals surface area contributed by atoms with E-state index in [0.29, 0.717) is 31.8 Å². The van der Waals surface area contributed by atoms with Gasteiger partial charge in [-0.15, -0.1) is 0 Å². The van der Waals surface area contributed by atoms with Gasteiger partial charge in [0.05, 0.1) is 45.0 Å². The normalized spacial score (nSPS) is 25.9.